The Hall–Kier alpha value is -2.85. The molecule has 1 aliphatic rings. The molecule has 3 N–H and O–H groups in total. The molecule has 0 amide bonds. The van der Waals surface area contributed by atoms with Gasteiger partial charge in [0.15, 0.2) is 0 Å². The number of aromatic nitrogens is 1. The first-order chi connectivity index (χ1) is 14.2. The Morgan fingerprint density at radius 1 is 1.03 bits per heavy atom. The molecule has 29 heavy (non-hydrogen) atoms. The zero-order chi connectivity index (χ0) is 20.1. The van der Waals surface area contributed by atoms with Crippen molar-refractivity contribution in [3.63, 3.8) is 0 Å². The second-order valence-electron chi connectivity index (χ2n) is 7.83. The van der Waals surface area contributed by atoms with E-state index in [0.29, 0.717) is 5.92 Å². The SMILES string of the molecule is CCc1cccc([C@H](C)CN[C@H](c2ccccc2)[C@H]2CNc3cccnc3N2)c1. The Balaban J connectivity index is 1.51. The summed E-state index contributed by atoms with van der Waals surface area (Å²) in [6, 6.07) is 24.1. The minimum atomic E-state index is 0.190. The fourth-order valence-electron chi connectivity index (χ4n) is 4.00. The molecular formula is C25H30N4. The molecule has 0 aliphatic carbocycles. The van der Waals surface area contributed by atoms with Gasteiger partial charge in [-0.15, -0.1) is 0 Å². The lowest BCUT2D eigenvalue weighted by molar-refractivity contribution is 0.453. The molecule has 4 heteroatoms. The summed E-state index contributed by atoms with van der Waals surface area (Å²) in [6.07, 6.45) is 2.91. The van der Waals surface area contributed by atoms with Crippen molar-refractivity contribution in [2.75, 3.05) is 23.7 Å². The van der Waals surface area contributed by atoms with E-state index in [-0.39, 0.29) is 12.1 Å². The van der Waals surface area contributed by atoms with Gasteiger partial charge in [-0.2, -0.15) is 0 Å². The monoisotopic (exact) mass is 386 g/mol. The number of hydrogen-bond donors (Lipinski definition) is 3. The van der Waals surface area contributed by atoms with E-state index in [2.05, 4.69) is 95.4 Å². The topological polar surface area (TPSA) is 49.0 Å². The van der Waals surface area contributed by atoms with Crippen LogP contribution in [0.15, 0.2) is 72.9 Å². The molecule has 1 aromatic heterocycles. The quantitative estimate of drug-likeness (QED) is 0.536. The first-order valence-corrected chi connectivity index (χ1v) is 10.6. The average molecular weight is 387 g/mol. The highest BCUT2D eigenvalue weighted by Crippen LogP contribution is 2.29. The molecule has 2 aromatic carbocycles. The van der Waals surface area contributed by atoms with Crippen LogP contribution in [0.1, 0.15) is 42.5 Å². The summed E-state index contributed by atoms with van der Waals surface area (Å²) in [6.45, 7) is 6.28. The fourth-order valence-corrected chi connectivity index (χ4v) is 4.00. The normalized spacial score (nSPS) is 17.5. The van der Waals surface area contributed by atoms with E-state index in [9.17, 15) is 0 Å². The summed E-state index contributed by atoms with van der Waals surface area (Å²) in [4.78, 5) is 4.51. The first kappa shape index (κ1) is 19.5. The number of fused-ring (bicyclic) bond motifs is 1. The molecule has 0 saturated heterocycles. The number of aryl methyl sites for hydroxylation is 1. The molecule has 4 rings (SSSR count). The van der Waals surface area contributed by atoms with E-state index in [1.54, 1.807) is 0 Å². The predicted molar refractivity (Wildman–Crippen MR) is 122 cm³/mol. The van der Waals surface area contributed by atoms with Crippen LogP contribution in [-0.2, 0) is 6.42 Å². The summed E-state index contributed by atoms with van der Waals surface area (Å²) < 4.78 is 0. The molecule has 0 saturated carbocycles. The van der Waals surface area contributed by atoms with Gasteiger partial charge < -0.3 is 16.0 Å². The Labute approximate surface area is 173 Å². The second kappa shape index (κ2) is 9.10. The molecule has 4 nitrogen and oxygen atoms in total. The van der Waals surface area contributed by atoms with Crippen molar-refractivity contribution >= 4 is 11.5 Å². The van der Waals surface area contributed by atoms with Crippen molar-refractivity contribution in [3.8, 4) is 0 Å². The van der Waals surface area contributed by atoms with Gasteiger partial charge in [-0.3, -0.25) is 0 Å². The average Bonchev–Trinajstić information content (AvgIpc) is 2.79. The van der Waals surface area contributed by atoms with Crippen molar-refractivity contribution in [1.82, 2.24) is 10.3 Å². The van der Waals surface area contributed by atoms with Crippen LogP contribution in [0.2, 0.25) is 0 Å². The van der Waals surface area contributed by atoms with Crippen LogP contribution in [-0.4, -0.2) is 24.1 Å². The zero-order valence-electron chi connectivity index (χ0n) is 17.2. The van der Waals surface area contributed by atoms with Gasteiger partial charge in [0, 0.05) is 19.3 Å². The molecule has 0 radical (unpaired) electrons. The third kappa shape index (κ3) is 4.60. The van der Waals surface area contributed by atoms with Crippen molar-refractivity contribution in [2.24, 2.45) is 0 Å². The molecule has 150 valence electrons. The Morgan fingerprint density at radius 2 is 1.86 bits per heavy atom. The van der Waals surface area contributed by atoms with E-state index < -0.39 is 0 Å². The van der Waals surface area contributed by atoms with Gasteiger partial charge in [-0.05, 0) is 41.2 Å². The third-order valence-electron chi connectivity index (χ3n) is 5.78. The van der Waals surface area contributed by atoms with Gasteiger partial charge in [0.1, 0.15) is 5.82 Å². The van der Waals surface area contributed by atoms with Gasteiger partial charge in [-0.25, -0.2) is 4.98 Å². The number of nitrogens with one attached hydrogen (secondary N) is 3. The van der Waals surface area contributed by atoms with Gasteiger partial charge in [0.05, 0.1) is 17.8 Å². The molecule has 0 unspecified atom stereocenters. The Kier molecular flexibility index (Phi) is 6.11. The van der Waals surface area contributed by atoms with E-state index >= 15 is 0 Å². The number of nitrogens with zero attached hydrogens (tertiary/aromatic N) is 1. The summed E-state index contributed by atoms with van der Waals surface area (Å²) in [5, 5.41) is 11.0. The number of anilines is 2. The second-order valence-corrected chi connectivity index (χ2v) is 7.83. The van der Waals surface area contributed by atoms with Crippen molar-refractivity contribution in [3.05, 3.63) is 89.6 Å². The third-order valence-corrected chi connectivity index (χ3v) is 5.78. The van der Waals surface area contributed by atoms with Crippen LogP contribution in [0.25, 0.3) is 0 Å². The van der Waals surface area contributed by atoms with Crippen LogP contribution >= 0.6 is 0 Å². The highest BCUT2D eigenvalue weighted by molar-refractivity contribution is 5.67. The van der Waals surface area contributed by atoms with Crippen LogP contribution < -0.4 is 16.0 Å². The van der Waals surface area contributed by atoms with Gasteiger partial charge in [0.2, 0.25) is 0 Å². The smallest absolute Gasteiger partial charge is 0.149 e. The summed E-state index contributed by atoms with van der Waals surface area (Å²) in [5.74, 6) is 1.37. The molecule has 0 fully saturated rings. The maximum absolute atomic E-state index is 4.51. The Morgan fingerprint density at radius 3 is 2.69 bits per heavy atom. The minimum Gasteiger partial charge on any atom is -0.380 e. The first-order valence-electron chi connectivity index (χ1n) is 10.6. The number of benzene rings is 2. The van der Waals surface area contributed by atoms with Crippen LogP contribution in [0.3, 0.4) is 0 Å². The molecule has 0 spiro atoms. The summed E-state index contributed by atoms with van der Waals surface area (Å²) >= 11 is 0. The lowest BCUT2D eigenvalue weighted by Crippen LogP contribution is -2.45. The van der Waals surface area contributed by atoms with E-state index in [0.717, 1.165) is 31.0 Å². The van der Waals surface area contributed by atoms with Crippen molar-refractivity contribution in [1.29, 1.82) is 0 Å². The lowest BCUT2D eigenvalue weighted by Gasteiger charge is -2.35. The summed E-state index contributed by atoms with van der Waals surface area (Å²) in [5.41, 5.74) is 5.15. The van der Waals surface area contributed by atoms with Crippen LogP contribution in [0.4, 0.5) is 11.5 Å². The van der Waals surface area contributed by atoms with Gasteiger partial charge >= 0.3 is 0 Å². The maximum Gasteiger partial charge on any atom is 0.149 e. The lowest BCUT2D eigenvalue weighted by atomic mass is 9.94. The maximum atomic E-state index is 4.51. The molecule has 3 aromatic rings. The summed E-state index contributed by atoms with van der Waals surface area (Å²) in [7, 11) is 0. The molecule has 1 aliphatic heterocycles. The van der Waals surface area contributed by atoms with Crippen molar-refractivity contribution in [2.45, 2.75) is 38.3 Å². The van der Waals surface area contributed by atoms with Crippen LogP contribution in [0, 0.1) is 0 Å². The zero-order valence-corrected chi connectivity index (χ0v) is 17.2. The number of pyridine rings is 1. The number of hydrogen-bond acceptors (Lipinski definition) is 4. The molecule has 3 atom stereocenters. The predicted octanol–water partition coefficient (Wildman–Crippen LogP) is 4.98. The van der Waals surface area contributed by atoms with Gasteiger partial charge in [-0.1, -0.05) is 68.4 Å². The van der Waals surface area contributed by atoms with E-state index in [1.807, 2.05) is 12.3 Å². The fraction of sp³-hybridized carbons (Fsp3) is 0.320. The highest BCUT2D eigenvalue weighted by atomic mass is 15.2. The molecular weight excluding hydrogens is 356 g/mol. The number of rotatable bonds is 7. The largest absolute Gasteiger partial charge is 0.380 e. The molecule has 2 heterocycles. The van der Waals surface area contributed by atoms with Gasteiger partial charge in [0.25, 0.3) is 0 Å². The standard InChI is InChI=1S/C25H30N4/c1-3-19-9-7-12-21(15-19)18(2)16-28-24(20-10-5-4-6-11-20)23-17-27-22-13-8-14-26-25(22)29-23/h4-15,18,23-24,27-28H,3,16-17H2,1-2H3,(H,26,29)/t18-,23-,24-/m1/s1. The minimum absolute atomic E-state index is 0.190. The molecule has 0 bridgehead atoms. The van der Waals surface area contributed by atoms with Crippen LogP contribution in [0.5, 0.6) is 0 Å². The van der Waals surface area contributed by atoms with E-state index in [1.165, 1.54) is 16.7 Å². The highest BCUT2D eigenvalue weighted by Gasteiger charge is 2.27. The van der Waals surface area contributed by atoms with E-state index in [4.69, 9.17) is 0 Å². The Bertz CT molecular complexity index is 925. The van der Waals surface area contributed by atoms with Crippen molar-refractivity contribution < 1.29 is 0 Å².